The lowest BCUT2D eigenvalue weighted by molar-refractivity contribution is -0.462. The van der Waals surface area contributed by atoms with Gasteiger partial charge in [0.15, 0.2) is 5.16 Å². The maximum atomic E-state index is 6.22. The number of hydrogen-bond acceptors (Lipinski definition) is 2. The topological polar surface area (TPSA) is 15.5 Å². The van der Waals surface area contributed by atoms with E-state index in [1.165, 1.54) is 0 Å². The highest BCUT2D eigenvalue weighted by Crippen LogP contribution is 2.21. The Kier molecular flexibility index (Phi) is 5.51. The zero-order chi connectivity index (χ0) is 13.7. The zero-order valence-corrected chi connectivity index (χ0v) is 12.5. The van der Waals surface area contributed by atoms with E-state index >= 15 is 0 Å². The van der Waals surface area contributed by atoms with Crippen molar-refractivity contribution in [3.63, 3.8) is 0 Å². The van der Waals surface area contributed by atoms with Gasteiger partial charge in [-0.05, 0) is 23.7 Å². The van der Waals surface area contributed by atoms with Gasteiger partial charge in [-0.15, -0.1) is 0 Å². The van der Waals surface area contributed by atoms with Crippen LogP contribution >= 0.6 is 23.2 Å². The molecular formula is C13H17Cl2N2O+. The number of halogens is 2. The molecule has 0 unspecified atom stereocenters. The molecule has 1 rings (SSSR count). The number of rotatable bonds is 4. The molecule has 0 radical (unpaired) electrons. The third kappa shape index (κ3) is 3.93. The van der Waals surface area contributed by atoms with E-state index in [9.17, 15) is 0 Å². The maximum Gasteiger partial charge on any atom is 0.315 e. The van der Waals surface area contributed by atoms with Crippen LogP contribution in [0.4, 0.5) is 0 Å². The Bertz CT molecular complexity index is 463. The van der Waals surface area contributed by atoms with E-state index in [1.54, 1.807) is 9.48 Å². The lowest BCUT2D eigenvalue weighted by Crippen LogP contribution is -2.20. The minimum atomic E-state index is 0.430. The summed E-state index contributed by atoms with van der Waals surface area (Å²) in [6, 6.07) is 9.39. The molecule has 1 aromatic rings. The molecule has 1 aromatic carbocycles. The molecule has 0 aliphatic heterocycles. The monoisotopic (exact) mass is 287 g/mol. The second-order valence-electron chi connectivity index (χ2n) is 4.11. The highest BCUT2D eigenvalue weighted by atomic mass is 35.5. The van der Waals surface area contributed by atoms with Crippen LogP contribution < -0.4 is 4.74 Å². The van der Waals surface area contributed by atoms with E-state index in [1.807, 2.05) is 58.5 Å². The highest BCUT2D eigenvalue weighted by molar-refractivity contribution is 6.68. The first-order chi connectivity index (χ1) is 8.43. The summed E-state index contributed by atoms with van der Waals surface area (Å²) in [5.74, 6) is 1.12. The normalized spacial score (nSPS) is 11.7. The quantitative estimate of drug-likeness (QED) is 0.366. The number of benzene rings is 1. The average Bonchev–Trinajstić information content (AvgIpc) is 2.35. The van der Waals surface area contributed by atoms with Crippen LogP contribution in [0.5, 0.6) is 5.75 Å². The summed E-state index contributed by atoms with van der Waals surface area (Å²) in [5, 5.41) is 0.884. The molecule has 0 heterocycles. The predicted molar refractivity (Wildman–Crippen MR) is 76.6 cm³/mol. The summed E-state index contributed by atoms with van der Waals surface area (Å²) in [6.45, 7) is 0. The van der Waals surface area contributed by atoms with Gasteiger partial charge in [0.1, 0.15) is 19.8 Å². The molecule has 5 heteroatoms. The summed E-state index contributed by atoms with van der Waals surface area (Å²) in [5.41, 5.74) is 0. The van der Waals surface area contributed by atoms with Crippen LogP contribution in [0.15, 0.2) is 41.2 Å². The van der Waals surface area contributed by atoms with E-state index < -0.39 is 0 Å². The van der Waals surface area contributed by atoms with Gasteiger partial charge in [0, 0.05) is 14.1 Å². The standard InChI is InChI=1S/C13H17Cl2N2O/c1-16(2)12(14)11(13(15)17(3)4)18-10-8-6-5-7-9-10/h5-9H,1-4H3/q+1. The van der Waals surface area contributed by atoms with Crippen molar-refractivity contribution < 1.29 is 9.31 Å². The lowest BCUT2D eigenvalue weighted by Gasteiger charge is -2.15. The number of para-hydroxylation sites is 1. The molecule has 0 aliphatic carbocycles. The van der Waals surface area contributed by atoms with Crippen molar-refractivity contribution in [3.05, 3.63) is 41.2 Å². The first-order valence-electron chi connectivity index (χ1n) is 5.43. The van der Waals surface area contributed by atoms with Crippen molar-refractivity contribution in [3.8, 4) is 5.75 Å². The van der Waals surface area contributed by atoms with Gasteiger partial charge in [0.05, 0.1) is 0 Å². The van der Waals surface area contributed by atoms with Crippen LogP contribution in [-0.2, 0) is 0 Å². The molecule has 0 amide bonds. The van der Waals surface area contributed by atoms with E-state index in [-0.39, 0.29) is 0 Å². The smallest absolute Gasteiger partial charge is 0.315 e. The van der Waals surface area contributed by atoms with Gasteiger partial charge in [-0.1, -0.05) is 29.8 Å². The molecular weight excluding hydrogens is 271 g/mol. The molecule has 0 N–H and O–H groups in total. The molecule has 3 nitrogen and oxygen atoms in total. The van der Waals surface area contributed by atoms with E-state index in [0.29, 0.717) is 21.8 Å². The molecule has 98 valence electrons. The fourth-order valence-electron chi connectivity index (χ4n) is 1.18. The summed E-state index contributed by atoms with van der Waals surface area (Å²) in [6.07, 6.45) is 0. The predicted octanol–water partition coefficient (Wildman–Crippen LogP) is 2.94. The van der Waals surface area contributed by atoms with Gasteiger partial charge < -0.3 is 9.64 Å². The molecule has 0 atom stereocenters. The van der Waals surface area contributed by atoms with Crippen LogP contribution in [0.1, 0.15) is 0 Å². The fraction of sp³-hybridized carbons (Fsp3) is 0.308. The maximum absolute atomic E-state index is 6.22. The van der Waals surface area contributed by atoms with Crippen molar-refractivity contribution in [2.45, 2.75) is 0 Å². The van der Waals surface area contributed by atoms with Gasteiger partial charge in [-0.3, -0.25) is 0 Å². The van der Waals surface area contributed by atoms with Crippen molar-refractivity contribution >= 4 is 28.4 Å². The van der Waals surface area contributed by atoms with Crippen LogP contribution in [0.3, 0.4) is 0 Å². The van der Waals surface area contributed by atoms with Crippen LogP contribution in [0, 0.1) is 0 Å². The Morgan fingerprint density at radius 1 is 1.11 bits per heavy atom. The molecule has 0 bridgehead atoms. The molecule has 0 saturated heterocycles. The van der Waals surface area contributed by atoms with Gasteiger partial charge in [-0.2, -0.15) is 0 Å². The number of ether oxygens (including phenoxy) is 1. The molecule has 0 spiro atoms. The minimum Gasteiger partial charge on any atom is -0.446 e. The van der Waals surface area contributed by atoms with Crippen LogP contribution in [-0.4, -0.2) is 42.8 Å². The third-order valence-electron chi connectivity index (χ3n) is 2.12. The van der Waals surface area contributed by atoms with Gasteiger partial charge in [0.25, 0.3) is 0 Å². The second kappa shape index (κ2) is 6.66. The average molecular weight is 288 g/mol. The molecule has 0 saturated carbocycles. The van der Waals surface area contributed by atoms with Gasteiger partial charge in [0.2, 0.25) is 5.76 Å². The summed E-state index contributed by atoms with van der Waals surface area (Å²) in [7, 11) is 7.32. The largest absolute Gasteiger partial charge is 0.446 e. The Hall–Kier alpha value is -1.19. The third-order valence-corrected chi connectivity index (χ3v) is 3.14. The molecule has 0 fully saturated rings. The van der Waals surface area contributed by atoms with Gasteiger partial charge >= 0.3 is 5.17 Å². The van der Waals surface area contributed by atoms with E-state index in [2.05, 4.69) is 0 Å². The van der Waals surface area contributed by atoms with Crippen LogP contribution in [0.25, 0.3) is 0 Å². The molecule has 0 aliphatic rings. The number of nitrogens with zero attached hydrogens (tertiary/aromatic N) is 2. The van der Waals surface area contributed by atoms with Crippen LogP contribution in [0.2, 0.25) is 0 Å². The first-order valence-corrected chi connectivity index (χ1v) is 6.19. The summed E-state index contributed by atoms with van der Waals surface area (Å²) in [4.78, 5) is 1.74. The fourth-order valence-corrected chi connectivity index (χ4v) is 1.49. The Balaban J connectivity index is 3.16. The Morgan fingerprint density at radius 3 is 2.11 bits per heavy atom. The van der Waals surface area contributed by atoms with Crippen molar-refractivity contribution in [1.82, 2.24) is 4.90 Å². The van der Waals surface area contributed by atoms with E-state index in [0.717, 1.165) is 0 Å². The highest BCUT2D eigenvalue weighted by Gasteiger charge is 2.21. The molecule has 0 aromatic heterocycles. The Morgan fingerprint density at radius 2 is 1.67 bits per heavy atom. The number of hydrogen-bond donors (Lipinski definition) is 0. The van der Waals surface area contributed by atoms with Crippen molar-refractivity contribution in [1.29, 1.82) is 0 Å². The minimum absolute atomic E-state index is 0.430. The first kappa shape index (κ1) is 14.9. The Labute approximate surface area is 118 Å². The zero-order valence-electron chi connectivity index (χ0n) is 10.9. The number of allylic oxidation sites excluding steroid dienone is 1. The summed E-state index contributed by atoms with van der Waals surface area (Å²) < 4.78 is 7.50. The molecule has 18 heavy (non-hydrogen) atoms. The van der Waals surface area contributed by atoms with Crippen molar-refractivity contribution in [2.24, 2.45) is 0 Å². The second-order valence-corrected chi connectivity index (χ2v) is 4.83. The van der Waals surface area contributed by atoms with Crippen molar-refractivity contribution in [2.75, 3.05) is 28.2 Å². The summed E-state index contributed by atoms with van der Waals surface area (Å²) >= 11 is 12.4. The van der Waals surface area contributed by atoms with Gasteiger partial charge in [-0.25, -0.2) is 4.58 Å². The lowest BCUT2D eigenvalue weighted by atomic mass is 10.3. The van der Waals surface area contributed by atoms with E-state index in [4.69, 9.17) is 27.9 Å². The SMILES string of the molecule is CN(C)/C(Cl)=C(\Oc1ccccc1)C(Cl)=[N+](C)C.